The highest BCUT2D eigenvalue weighted by atomic mass is 79.9. The van der Waals surface area contributed by atoms with Gasteiger partial charge in [-0.3, -0.25) is 19.7 Å². The molecule has 1 aromatic carbocycles. The van der Waals surface area contributed by atoms with Crippen LogP contribution in [0.15, 0.2) is 16.6 Å². The molecule has 1 aliphatic heterocycles. The van der Waals surface area contributed by atoms with Crippen LogP contribution < -0.4 is 4.90 Å². The highest BCUT2D eigenvalue weighted by molar-refractivity contribution is 9.10. The van der Waals surface area contributed by atoms with Crippen LogP contribution in [0, 0.1) is 21.8 Å². The quantitative estimate of drug-likeness (QED) is 0.582. The molecule has 9 heteroatoms. The van der Waals surface area contributed by atoms with E-state index < -0.39 is 16.4 Å². The fourth-order valence-electron chi connectivity index (χ4n) is 2.23. The lowest BCUT2D eigenvalue weighted by molar-refractivity contribution is -0.387. The van der Waals surface area contributed by atoms with E-state index in [2.05, 4.69) is 15.9 Å². The van der Waals surface area contributed by atoms with E-state index in [1.54, 1.807) is 0 Å². The first-order chi connectivity index (χ1) is 10.3. The van der Waals surface area contributed by atoms with Gasteiger partial charge in [-0.15, -0.1) is 0 Å². The number of amides is 1. The molecule has 1 fully saturated rings. The second-order valence-corrected chi connectivity index (χ2v) is 6.94. The predicted octanol–water partition coefficient (Wildman–Crippen LogP) is 3.13. The number of anilines is 1. The molecule has 1 aromatic rings. The van der Waals surface area contributed by atoms with Crippen molar-refractivity contribution >= 4 is 50.1 Å². The number of carbonyl (C=O) groups is 2. The summed E-state index contributed by atoms with van der Waals surface area (Å²) >= 11 is 4.28. The minimum Gasteiger partial charge on any atom is -0.311 e. The zero-order chi connectivity index (χ0) is 16.4. The Balaban J connectivity index is 2.24. The molecule has 0 spiro atoms. The smallest absolute Gasteiger partial charge is 0.306 e. The van der Waals surface area contributed by atoms with Crippen molar-refractivity contribution in [1.82, 2.24) is 0 Å². The molecule has 0 bridgehead atoms. The van der Waals surface area contributed by atoms with E-state index in [9.17, 15) is 24.1 Å². The Morgan fingerprint density at radius 3 is 2.86 bits per heavy atom. The van der Waals surface area contributed by atoms with E-state index in [0.29, 0.717) is 12.3 Å². The molecule has 1 heterocycles. The largest absolute Gasteiger partial charge is 0.311 e. The van der Waals surface area contributed by atoms with Gasteiger partial charge >= 0.3 is 5.69 Å². The molecule has 1 amide bonds. The lowest BCUT2D eigenvalue weighted by Crippen LogP contribution is -2.25. The van der Waals surface area contributed by atoms with E-state index in [-0.39, 0.29) is 33.5 Å². The van der Waals surface area contributed by atoms with Crippen molar-refractivity contribution in [2.45, 2.75) is 13.3 Å². The maximum absolute atomic E-state index is 13.5. The van der Waals surface area contributed by atoms with Crippen LogP contribution in [0.4, 0.5) is 15.8 Å². The van der Waals surface area contributed by atoms with Gasteiger partial charge in [0.2, 0.25) is 11.7 Å². The number of benzene rings is 1. The van der Waals surface area contributed by atoms with Crippen LogP contribution in [-0.2, 0) is 9.59 Å². The summed E-state index contributed by atoms with van der Waals surface area (Å²) in [5, 5.41) is 10.8. The molecule has 0 radical (unpaired) electrons. The summed E-state index contributed by atoms with van der Waals surface area (Å²) in [4.78, 5) is 34.5. The molecule has 1 atom stereocenters. The number of halogens is 2. The van der Waals surface area contributed by atoms with Gasteiger partial charge < -0.3 is 4.90 Å². The fraction of sp³-hybridized carbons (Fsp3) is 0.385. The molecule has 118 valence electrons. The lowest BCUT2D eigenvalue weighted by Gasteiger charge is -2.18. The zero-order valence-corrected chi connectivity index (χ0v) is 13.9. The first kappa shape index (κ1) is 16.9. The number of thioether (sulfide) groups is 1. The van der Waals surface area contributed by atoms with Crippen molar-refractivity contribution in [3.05, 3.63) is 32.5 Å². The molecule has 0 aliphatic carbocycles. The normalized spacial score (nSPS) is 17.9. The van der Waals surface area contributed by atoms with Crippen molar-refractivity contribution in [3.8, 4) is 0 Å². The Labute approximate surface area is 138 Å². The standard InChI is InChI=1S/C13H12BrFN2O4S/c1-7(18)22-6-8-2-13(19)16(5-8)11-4-12(17(20)21)10(15)3-9(11)14/h3-4,8H,2,5-6H2,1H3. The Morgan fingerprint density at radius 2 is 2.27 bits per heavy atom. The third kappa shape index (κ3) is 3.64. The molecule has 1 unspecified atom stereocenters. The minimum atomic E-state index is -0.962. The van der Waals surface area contributed by atoms with E-state index in [0.717, 1.165) is 23.9 Å². The molecule has 0 saturated carbocycles. The molecule has 22 heavy (non-hydrogen) atoms. The third-order valence-electron chi connectivity index (χ3n) is 3.23. The zero-order valence-electron chi connectivity index (χ0n) is 11.5. The summed E-state index contributed by atoms with van der Waals surface area (Å²) in [6.45, 7) is 1.81. The number of nitrogens with zero attached hydrogens (tertiary/aromatic N) is 2. The Hall–Kier alpha value is -1.48. The van der Waals surface area contributed by atoms with Gasteiger partial charge in [0, 0.05) is 36.2 Å². The highest BCUT2D eigenvalue weighted by Crippen LogP contribution is 2.36. The summed E-state index contributed by atoms with van der Waals surface area (Å²) in [5.41, 5.74) is -0.402. The van der Waals surface area contributed by atoms with Crippen molar-refractivity contribution in [2.75, 3.05) is 17.2 Å². The van der Waals surface area contributed by atoms with Gasteiger partial charge in [-0.1, -0.05) is 11.8 Å². The average molecular weight is 391 g/mol. The molecule has 1 aliphatic rings. The predicted molar refractivity (Wildman–Crippen MR) is 84.4 cm³/mol. The number of hydrogen-bond acceptors (Lipinski definition) is 5. The number of rotatable bonds is 4. The number of nitro groups is 1. The third-order valence-corrected chi connectivity index (χ3v) is 4.91. The summed E-state index contributed by atoms with van der Waals surface area (Å²) in [6, 6.07) is 2.04. The number of hydrogen-bond donors (Lipinski definition) is 0. The van der Waals surface area contributed by atoms with Gasteiger partial charge in [0.05, 0.1) is 10.6 Å². The van der Waals surface area contributed by atoms with Crippen LogP contribution in [0.5, 0.6) is 0 Å². The summed E-state index contributed by atoms with van der Waals surface area (Å²) in [7, 11) is 0. The van der Waals surface area contributed by atoms with E-state index in [1.807, 2.05) is 0 Å². The molecule has 0 aromatic heterocycles. The van der Waals surface area contributed by atoms with E-state index in [1.165, 1.54) is 11.8 Å². The molecule has 2 rings (SSSR count). The molecular weight excluding hydrogens is 379 g/mol. The van der Waals surface area contributed by atoms with Crippen LogP contribution in [0.3, 0.4) is 0 Å². The van der Waals surface area contributed by atoms with Crippen molar-refractivity contribution in [1.29, 1.82) is 0 Å². The summed E-state index contributed by atoms with van der Waals surface area (Å²) in [5.74, 6) is -0.664. The number of carbonyl (C=O) groups excluding carboxylic acids is 2. The second kappa shape index (κ2) is 6.74. The van der Waals surface area contributed by atoms with Gasteiger partial charge in [-0.05, 0) is 27.9 Å². The molecule has 6 nitrogen and oxygen atoms in total. The molecule has 0 N–H and O–H groups in total. The topological polar surface area (TPSA) is 80.5 Å². The maximum atomic E-state index is 13.5. The van der Waals surface area contributed by atoms with E-state index >= 15 is 0 Å². The lowest BCUT2D eigenvalue weighted by atomic mass is 10.1. The van der Waals surface area contributed by atoms with Crippen LogP contribution in [0.1, 0.15) is 13.3 Å². The van der Waals surface area contributed by atoms with Gasteiger partial charge in [0.15, 0.2) is 5.12 Å². The van der Waals surface area contributed by atoms with Crippen LogP contribution in [0.2, 0.25) is 0 Å². The monoisotopic (exact) mass is 390 g/mol. The van der Waals surface area contributed by atoms with Crippen molar-refractivity contribution in [3.63, 3.8) is 0 Å². The summed E-state index contributed by atoms with van der Waals surface area (Å²) in [6.07, 6.45) is 0.262. The second-order valence-electron chi connectivity index (χ2n) is 4.89. The van der Waals surface area contributed by atoms with Crippen LogP contribution in [0.25, 0.3) is 0 Å². The first-order valence-electron chi connectivity index (χ1n) is 6.36. The van der Waals surface area contributed by atoms with Crippen LogP contribution >= 0.6 is 27.7 Å². The Morgan fingerprint density at radius 1 is 1.59 bits per heavy atom. The minimum absolute atomic E-state index is 0.0163. The summed E-state index contributed by atoms with van der Waals surface area (Å²) < 4.78 is 13.8. The van der Waals surface area contributed by atoms with Crippen molar-refractivity contribution in [2.24, 2.45) is 5.92 Å². The Kier molecular flexibility index (Phi) is 5.17. The highest BCUT2D eigenvalue weighted by Gasteiger charge is 2.33. The SMILES string of the molecule is CC(=O)SCC1CC(=O)N(c2cc([N+](=O)[O-])c(F)cc2Br)C1. The number of nitro benzene ring substituents is 1. The average Bonchev–Trinajstić information content (AvgIpc) is 2.77. The fourth-order valence-corrected chi connectivity index (χ4v) is 3.46. The first-order valence-corrected chi connectivity index (χ1v) is 8.14. The molecular formula is C13H12BrFN2O4S. The van der Waals surface area contributed by atoms with Gasteiger partial charge in [-0.25, -0.2) is 0 Å². The van der Waals surface area contributed by atoms with Crippen molar-refractivity contribution < 1.29 is 18.9 Å². The van der Waals surface area contributed by atoms with Gasteiger partial charge in [-0.2, -0.15) is 4.39 Å². The van der Waals surface area contributed by atoms with Crippen LogP contribution in [-0.4, -0.2) is 28.2 Å². The maximum Gasteiger partial charge on any atom is 0.306 e. The van der Waals surface area contributed by atoms with Gasteiger partial charge in [0.1, 0.15) is 0 Å². The van der Waals surface area contributed by atoms with Gasteiger partial charge in [0.25, 0.3) is 0 Å². The Bertz CT molecular complexity index is 655. The van der Waals surface area contributed by atoms with E-state index in [4.69, 9.17) is 0 Å². The molecule has 1 saturated heterocycles.